The molecule has 10 heavy (non-hydrogen) atoms. The largest absolute Gasteiger partial charge is 0.147 e. The first-order valence-corrected chi connectivity index (χ1v) is 2.00. The standard InChI is InChI=1S/C6H6.2CH4.2ClH/c1-2-4-6-5-3-1;;;;/h1-6H;2*1H4;2*1H. The molecular weight excluding hydrogens is 167 g/mol. The van der Waals surface area contributed by atoms with E-state index in [-0.39, 0.29) is 39.7 Å². The summed E-state index contributed by atoms with van der Waals surface area (Å²) in [5, 5.41) is 0. The van der Waals surface area contributed by atoms with Crippen molar-refractivity contribution >= 4 is 24.8 Å². The van der Waals surface area contributed by atoms with Crippen LogP contribution in [0.15, 0.2) is 36.4 Å². The number of benzene rings is 1. The van der Waals surface area contributed by atoms with Crippen LogP contribution in [0.2, 0.25) is 0 Å². The van der Waals surface area contributed by atoms with Crippen molar-refractivity contribution in [2.24, 2.45) is 0 Å². The molecule has 0 fully saturated rings. The van der Waals surface area contributed by atoms with Gasteiger partial charge in [0.2, 0.25) is 0 Å². The van der Waals surface area contributed by atoms with Gasteiger partial charge in [-0.25, -0.2) is 0 Å². The summed E-state index contributed by atoms with van der Waals surface area (Å²) in [4.78, 5) is 0. The molecule has 0 spiro atoms. The average Bonchev–Trinajstić information content (AvgIpc) is 1.72. The highest BCUT2D eigenvalue weighted by molar-refractivity contribution is 5.85. The van der Waals surface area contributed by atoms with E-state index in [1.807, 2.05) is 36.4 Å². The second-order valence-corrected chi connectivity index (χ2v) is 1.15. The molecule has 62 valence electrons. The zero-order chi connectivity index (χ0) is 4.24. The van der Waals surface area contributed by atoms with Crippen molar-refractivity contribution in [1.82, 2.24) is 0 Å². The molecule has 0 aliphatic heterocycles. The second-order valence-electron chi connectivity index (χ2n) is 1.15. The van der Waals surface area contributed by atoms with Crippen LogP contribution in [0.3, 0.4) is 0 Å². The summed E-state index contributed by atoms with van der Waals surface area (Å²) in [5.74, 6) is 0. The summed E-state index contributed by atoms with van der Waals surface area (Å²) >= 11 is 0. The Bertz CT molecular complexity index is 79.2. The van der Waals surface area contributed by atoms with E-state index in [1.54, 1.807) is 0 Å². The summed E-state index contributed by atoms with van der Waals surface area (Å²) in [6.45, 7) is 0. The lowest BCUT2D eigenvalue weighted by Crippen LogP contribution is -1.47. The van der Waals surface area contributed by atoms with Gasteiger partial charge >= 0.3 is 0 Å². The van der Waals surface area contributed by atoms with Crippen molar-refractivity contribution < 1.29 is 0 Å². The molecule has 1 aromatic rings. The molecule has 2 heteroatoms. The maximum atomic E-state index is 2.00. The number of halogens is 2. The molecule has 0 saturated heterocycles. The lowest BCUT2D eigenvalue weighted by Gasteiger charge is -1.69. The molecule has 0 aliphatic carbocycles. The van der Waals surface area contributed by atoms with Crippen LogP contribution in [-0.2, 0) is 0 Å². The summed E-state index contributed by atoms with van der Waals surface area (Å²) < 4.78 is 0. The maximum absolute atomic E-state index is 2.00. The molecule has 0 aromatic heterocycles. The van der Waals surface area contributed by atoms with Gasteiger partial charge in [0.05, 0.1) is 0 Å². The monoisotopic (exact) mass is 182 g/mol. The minimum atomic E-state index is 0. The topological polar surface area (TPSA) is 0 Å². The minimum absolute atomic E-state index is 0. The number of hydrogen-bond donors (Lipinski definition) is 0. The molecule has 0 nitrogen and oxygen atoms in total. The predicted molar refractivity (Wildman–Crippen MR) is 54.4 cm³/mol. The van der Waals surface area contributed by atoms with Crippen LogP contribution in [0, 0.1) is 0 Å². The van der Waals surface area contributed by atoms with Crippen LogP contribution in [0.25, 0.3) is 0 Å². The normalized spacial score (nSPS) is 4.80. The Kier molecular flexibility index (Phi) is 35.9. The van der Waals surface area contributed by atoms with Gasteiger partial charge in [-0.15, -0.1) is 24.8 Å². The predicted octanol–water partition coefficient (Wildman–Crippen LogP) is 3.80. The van der Waals surface area contributed by atoms with Crippen molar-refractivity contribution in [3.05, 3.63) is 36.4 Å². The van der Waals surface area contributed by atoms with Gasteiger partial charge in [-0.05, 0) is 0 Å². The smallest absolute Gasteiger partial charge is 0.0623 e. The van der Waals surface area contributed by atoms with Crippen molar-refractivity contribution in [2.45, 2.75) is 14.9 Å². The molecule has 0 N–H and O–H groups in total. The van der Waals surface area contributed by atoms with Gasteiger partial charge in [-0.3, -0.25) is 0 Å². The van der Waals surface area contributed by atoms with Crippen molar-refractivity contribution in [1.29, 1.82) is 0 Å². The fourth-order valence-corrected chi connectivity index (χ4v) is 0.385. The van der Waals surface area contributed by atoms with Crippen LogP contribution in [0.5, 0.6) is 0 Å². The maximum Gasteiger partial charge on any atom is -0.0623 e. The van der Waals surface area contributed by atoms with Crippen molar-refractivity contribution in [3.8, 4) is 0 Å². The fourth-order valence-electron chi connectivity index (χ4n) is 0.385. The molecule has 0 radical (unpaired) electrons. The summed E-state index contributed by atoms with van der Waals surface area (Å²) in [6, 6.07) is 12.0. The van der Waals surface area contributed by atoms with Crippen LogP contribution >= 0.6 is 24.8 Å². The van der Waals surface area contributed by atoms with Gasteiger partial charge in [0, 0.05) is 0 Å². The van der Waals surface area contributed by atoms with Crippen LogP contribution in [-0.4, -0.2) is 0 Å². The second kappa shape index (κ2) is 15.9. The molecule has 0 bridgehead atoms. The van der Waals surface area contributed by atoms with E-state index in [0.717, 1.165) is 0 Å². The molecule has 0 heterocycles. The van der Waals surface area contributed by atoms with E-state index in [1.165, 1.54) is 0 Å². The molecule has 0 unspecified atom stereocenters. The highest BCUT2D eigenvalue weighted by Gasteiger charge is 1.57. The van der Waals surface area contributed by atoms with Gasteiger partial charge in [0.1, 0.15) is 0 Å². The van der Waals surface area contributed by atoms with Gasteiger partial charge in [0.25, 0.3) is 0 Å². The summed E-state index contributed by atoms with van der Waals surface area (Å²) in [5.41, 5.74) is 0. The highest BCUT2D eigenvalue weighted by atomic mass is 35.5. The summed E-state index contributed by atoms with van der Waals surface area (Å²) in [7, 11) is 0. The Morgan fingerprint density at radius 1 is 0.400 bits per heavy atom. The highest BCUT2D eigenvalue weighted by Crippen LogP contribution is 1.79. The average molecular weight is 183 g/mol. The zero-order valence-corrected chi connectivity index (χ0v) is 5.91. The molecular formula is C8H16Cl2. The Morgan fingerprint density at radius 3 is 0.600 bits per heavy atom. The Hall–Kier alpha value is -0.200. The van der Waals surface area contributed by atoms with E-state index in [0.29, 0.717) is 0 Å². The van der Waals surface area contributed by atoms with Crippen molar-refractivity contribution in [3.63, 3.8) is 0 Å². The SMILES string of the molecule is C.C.Cl.Cl.c1ccccc1. The minimum Gasteiger partial charge on any atom is -0.147 e. The van der Waals surface area contributed by atoms with E-state index >= 15 is 0 Å². The zero-order valence-electron chi connectivity index (χ0n) is 4.28. The summed E-state index contributed by atoms with van der Waals surface area (Å²) in [6.07, 6.45) is 0. The third-order valence-corrected chi connectivity index (χ3v) is 0.667. The van der Waals surface area contributed by atoms with Gasteiger partial charge in [-0.1, -0.05) is 51.3 Å². The Balaban J connectivity index is -0.0000000450. The van der Waals surface area contributed by atoms with E-state index in [9.17, 15) is 0 Å². The molecule has 0 aliphatic rings. The van der Waals surface area contributed by atoms with E-state index in [2.05, 4.69) is 0 Å². The third-order valence-electron chi connectivity index (χ3n) is 0.667. The Labute approximate surface area is 76.5 Å². The lowest BCUT2D eigenvalue weighted by molar-refractivity contribution is 1.72. The molecule has 0 amide bonds. The molecule has 0 saturated carbocycles. The first-order valence-electron chi connectivity index (χ1n) is 2.00. The Morgan fingerprint density at radius 2 is 0.500 bits per heavy atom. The number of rotatable bonds is 0. The first kappa shape index (κ1) is 22.6. The van der Waals surface area contributed by atoms with Gasteiger partial charge < -0.3 is 0 Å². The fraction of sp³-hybridized carbons (Fsp3) is 0.250. The van der Waals surface area contributed by atoms with Crippen LogP contribution in [0.1, 0.15) is 14.9 Å². The van der Waals surface area contributed by atoms with E-state index < -0.39 is 0 Å². The molecule has 0 atom stereocenters. The van der Waals surface area contributed by atoms with Gasteiger partial charge in [-0.2, -0.15) is 0 Å². The number of hydrogen-bond acceptors (Lipinski definition) is 0. The van der Waals surface area contributed by atoms with Gasteiger partial charge in [0.15, 0.2) is 0 Å². The third kappa shape index (κ3) is 10.7. The molecule has 1 rings (SSSR count). The van der Waals surface area contributed by atoms with Crippen molar-refractivity contribution in [2.75, 3.05) is 0 Å². The van der Waals surface area contributed by atoms with E-state index in [4.69, 9.17) is 0 Å². The lowest BCUT2D eigenvalue weighted by atomic mass is 10.4. The molecule has 1 aromatic carbocycles. The van der Waals surface area contributed by atoms with Crippen LogP contribution < -0.4 is 0 Å². The van der Waals surface area contributed by atoms with Crippen LogP contribution in [0.4, 0.5) is 0 Å². The first-order chi connectivity index (χ1) is 3.00. The quantitative estimate of drug-likeness (QED) is 0.573.